The molecule has 0 saturated heterocycles. The number of rotatable bonds is 4. The molecule has 1 rings (SSSR count). The largest absolute Gasteiger partial charge is 0.381 e. The number of hydrogen-bond acceptors (Lipinski definition) is 2. The topological polar surface area (TPSA) is 21.3 Å². The maximum atomic E-state index is 5.64. The molecule has 0 amide bonds. The van der Waals surface area contributed by atoms with Crippen molar-refractivity contribution < 1.29 is 4.74 Å². The van der Waals surface area contributed by atoms with Crippen molar-refractivity contribution in [3.8, 4) is 0 Å². The van der Waals surface area contributed by atoms with Crippen LogP contribution in [0.2, 0.25) is 0 Å². The molecule has 0 radical (unpaired) electrons. The summed E-state index contributed by atoms with van der Waals surface area (Å²) in [6.45, 7) is 7.65. The van der Waals surface area contributed by atoms with Crippen LogP contribution >= 0.6 is 31.9 Å². The fraction of sp³-hybridized carbons (Fsp3) is 0.500. The summed E-state index contributed by atoms with van der Waals surface area (Å²) in [7, 11) is 0. The summed E-state index contributed by atoms with van der Waals surface area (Å²) >= 11 is 7.01. The van der Waals surface area contributed by atoms with Gasteiger partial charge >= 0.3 is 0 Å². The molecule has 16 heavy (non-hydrogen) atoms. The van der Waals surface area contributed by atoms with Crippen molar-refractivity contribution in [3.63, 3.8) is 0 Å². The standard InChI is InChI=1S/C12H17Br2NO/c1-12(2,3)16-8-7-15-11-9(13)5-4-6-10(11)14/h4-6,15H,7-8H2,1-3H3. The lowest BCUT2D eigenvalue weighted by Gasteiger charge is -2.20. The van der Waals surface area contributed by atoms with E-state index in [1.807, 2.05) is 18.2 Å². The molecule has 1 aromatic rings. The van der Waals surface area contributed by atoms with Gasteiger partial charge in [-0.3, -0.25) is 0 Å². The third-order valence-corrected chi connectivity index (χ3v) is 3.22. The summed E-state index contributed by atoms with van der Waals surface area (Å²) in [6, 6.07) is 6.01. The molecule has 0 aliphatic rings. The van der Waals surface area contributed by atoms with Crippen LogP contribution in [0.4, 0.5) is 5.69 Å². The van der Waals surface area contributed by atoms with Gasteiger partial charge in [-0.2, -0.15) is 0 Å². The van der Waals surface area contributed by atoms with Gasteiger partial charge in [-0.25, -0.2) is 0 Å². The lowest BCUT2D eigenvalue weighted by Crippen LogP contribution is -2.23. The first-order chi connectivity index (χ1) is 7.40. The number of ether oxygens (including phenoxy) is 1. The first-order valence-electron chi connectivity index (χ1n) is 5.22. The van der Waals surface area contributed by atoms with E-state index in [0.717, 1.165) is 21.2 Å². The normalized spacial score (nSPS) is 11.6. The Bertz CT molecular complexity index is 327. The molecule has 1 aromatic carbocycles. The van der Waals surface area contributed by atoms with Gasteiger partial charge in [-0.15, -0.1) is 0 Å². The van der Waals surface area contributed by atoms with E-state index in [-0.39, 0.29) is 5.60 Å². The SMILES string of the molecule is CC(C)(C)OCCNc1c(Br)cccc1Br. The average molecular weight is 351 g/mol. The Kier molecular flexibility index (Phi) is 5.28. The van der Waals surface area contributed by atoms with Crippen LogP contribution in [0, 0.1) is 0 Å². The van der Waals surface area contributed by atoms with Gasteiger partial charge in [-0.1, -0.05) is 6.07 Å². The lowest BCUT2D eigenvalue weighted by molar-refractivity contribution is 0.00333. The van der Waals surface area contributed by atoms with Crippen LogP contribution in [-0.4, -0.2) is 18.8 Å². The smallest absolute Gasteiger partial charge is 0.0646 e. The van der Waals surface area contributed by atoms with E-state index in [1.165, 1.54) is 0 Å². The molecular formula is C12H17Br2NO. The molecule has 0 aliphatic carbocycles. The summed E-state index contributed by atoms with van der Waals surface area (Å²) in [5, 5.41) is 3.34. The van der Waals surface area contributed by atoms with Gasteiger partial charge in [0.2, 0.25) is 0 Å². The zero-order chi connectivity index (χ0) is 12.2. The van der Waals surface area contributed by atoms with Crippen molar-refractivity contribution in [2.75, 3.05) is 18.5 Å². The molecule has 4 heteroatoms. The second-order valence-corrected chi connectivity index (χ2v) is 6.19. The molecule has 0 bridgehead atoms. The molecule has 0 fully saturated rings. The molecule has 1 N–H and O–H groups in total. The van der Waals surface area contributed by atoms with Crippen LogP contribution in [0.1, 0.15) is 20.8 Å². The number of anilines is 1. The maximum Gasteiger partial charge on any atom is 0.0646 e. The Morgan fingerprint density at radius 3 is 2.25 bits per heavy atom. The predicted molar refractivity (Wildman–Crippen MR) is 76.0 cm³/mol. The lowest BCUT2D eigenvalue weighted by atomic mass is 10.2. The monoisotopic (exact) mass is 349 g/mol. The van der Waals surface area contributed by atoms with Gasteiger partial charge in [0.25, 0.3) is 0 Å². The zero-order valence-electron chi connectivity index (χ0n) is 9.81. The van der Waals surface area contributed by atoms with E-state index < -0.39 is 0 Å². The second kappa shape index (κ2) is 6.03. The average Bonchev–Trinajstić information content (AvgIpc) is 2.14. The summed E-state index contributed by atoms with van der Waals surface area (Å²) in [5.41, 5.74) is 0.993. The van der Waals surface area contributed by atoms with Gasteiger partial charge in [0.15, 0.2) is 0 Å². The van der Waals surface area contributed by atoms with Crippen LogP contribution in [0.3, 0.4) is 0 Å². The summed E-state index contributed by atoms with van der Waals surface area (Å²) in [5.74, 6) is 0. The zero-order valence-corrected chi connectivity index (χ0v) is 13.0. The van der Waals surface area contributed by atoms with Crippen molar-refractivity contribution in [1.82, 2.24) is 0 Å². The molecule has 0 aromatic heterocycles. The van der Waals surface area contributed by atoms with Gasteiger partial charge < -0.3 is 10.1 Å². The molecule has 0 unspecified atom stereocenters. The molecule has 0 atom stereocenters. The Hall–Kier alpha value is -0.0600. The molecule has 2 nitrogen and oxygen atoms in total. The molecule has 0 heterocycles. The molecule has 0 aliphatic heterocycles. The summed E-state index contributed by atoms with van der Waals surface area (Å²) in [4.78, 5) is 0. The van der Waals surface area contributed by atoms with Gasteiger partial charge in [-0.05, 0) is 64.8 Å². The fourth-order valence-corrected chi connectivity index (χ4v) is 2.48. The van der Waals surface area contributed by atoms with Crippen molar-refractivity contribution in [2.24, 2.45) is 0 Å². The van der Waals surface area contributed by atoms with E-state index in [4.69, 9.17) is 4.74 Å². The van der Waals surface area contributed by atoms with Crippen LogP contribution in [0.5, 0.6) is 0 Å². The van der Waals surface area contributed by atoms with Crippen molar-refractivity contribution in [3.05, 3.63) is 27.1 Å². The van der Waals surface area contributed by atoms with Gasteiger partial charge in [0.05, 0.1) is 17.9 Å². The van der Waals surface area contributed by atoms with E-state index in [0.29, 0.717) is 6.61 Å². The Balaban J connectivity index is 2.43. The summed E-state index contributed by atoms with van der Waals surface area (Å²) < 4.78 is 7.74. The van der Waals surface area contributed by atoms with E-state index in [2.05, 4.69) is 57.9 Å². The minimum Gasteiger partial charge on any atom is -0.381 e. The van der Waals surface area contributed by atoms with Crippen molar-refractivity contribution >= 4 is 37.5 Å². The van der Waals surface area contributed by atoms with Crippen molar-refractivity contribution in [2.45, 2.75) is 26.4 Å². The second-order valence-electron chi connectivity index (χ2n) is 4.48. The highest BCUT2D eigenvalue weighted by Gasteiger charge is 2.09. The highest BCUT2D eigenvalue weighted by Crippen LogP contribution is 2.30. The number of nitrogens with one attached hydrogen (secondary N) is 1. The first-order valence-corrected chi connectivity index (χ1v) is 6.80. The Labute approximate surface area is 114 Å². The van der Waals surface area contributed by atoms with E-state index >= 15 is 0 Å². The van der Waals surface area contributed by atoms with Crippen LogP contribution in [0.25, 0.3) is 0 Å². The molecule has 90 valence electrons. The highest BCUT2D eigenvalue weighted by molar-refractivity contribution is 9.11. The third-order valence-electron chi connectivity index (χ3n) is 1.90. The Morgan fingerprint density at radius 1 is 1.19 bits per heavy atom. The van der Waals surface area contributed by atoms with Crippen molar-refractivity contribution in [1.29, 1.82) is 0 Å². The minimum atomic E-state index is -0.0766. The van der Waals surface area contributed by atoms with Gasteiger partial charge in [0, 0.05) is 15.5 Å². The Morgan fingerprint density at radius 2 is 1.75 bits per heavy atom. The minimum absolute atomic E-state index is 0.0766. The number of hydrogen-bond donors (Lipinski definition) is 1. The first kappa shape index (κ1) is 14.0. The maximum absolute atomic E-state index is 5.64. The van der Waals surface area contributed by atoms with Crippen LogP contribution in [0.15, 0.2) is 27.1 Å². The molecule has 0 spiro atoms. The highest BCUT2D eigenvalue weighted by atomic mass is 79.9. The van der Waals surface area contributed by atoms with Crippen LogP contribution in [-0.2, 0) is 4.74 Å². The number of halogens is 2. The fourth-order valence-electron chi connectivity index (χ4n) is 1.20. The predicted octanol–water partition coefficient (Wildman–Crippen LogP) is 4.44. The quantitative estimate of drug-likeness (QED) is 0.810. The summed E-state index contributed by atoms with van der Waals surface area (Å²) in [6.07, 6.45) is 0. The third kappa shape index (κ3) is 4.85. The molecule has 0 saturated carbocycles. The molecular weight excluding hydrogens is 334 g/mol. The van der Waals surface area contributed by atoms with E-state index in [9.17, 15) is 0 Å². The van der Waals surface area contributed by atoms with Gasteiger partial charge in [0.1, 0.15) is 0 Å². The number of benzene rings is 1. The van der Waals surface area contributed by atoms with Crippen LogP contribution < -0.4 is 5.32 Å². The van der Waals surface area contributed by atoms with E-state index in [1.54, 1.807) is 0 Å². The number of para-hydroxylation sites is 1.